The van der Waals surface area contributed by atoms with Gasteiger partial charge < -0.3 is 9.73 Å². The van der Waals surface area contributed by atoms with Crippen LogP contribution in [0.15, 0.2) is 28.2 Å². The molecule has 2 nitrogen and oxygen atoms in total. The lowest BCUT2D eigenvalue weighted by molar-refractivity contribution is 0.484. The quantitative estimate of drug-likeness (QED) is 0.797. The lowest BCUT2D eigenvalue weighted by Gasteiger charge is -2.03. The van der Waals surface area contributed by atoms with Gasteiger partial charge in [-0.15, -0.1) is 11.3 Å². The smallest absolute Gasteiger partial charge is 0.126 e. The molecule has 0 saturated carbocycles. The van der Waals surface area contributed by atoms with Crippen molar-refractivity contribution >= 4 is 11.3 Å². The molecule has 3 heteroatoms. The van der Waals surface area contributed by atoms with Crippen molar-refractivity contribution in [3.8, 4) is 10.4 Å². The SMILES string of the molecule is CCCNCc1occc1-c1sccc1C. The third-order valence-corrected chi connectivity index (χ3v) is 3.61. The van der Waals surface area contributed by atoms with Crippen LogP contribution in [-0.2, 0) is 6.54 Å². The molecule has 2 aromatic rings. The summed E-state index contributed by atoms with van der Waals surface area (Å²) in [7, 11) is 0. The normalized spacial score (nSPS) is 10.9. The second-order valence-corrected chi connectivity index (χ2v) is 4.78. The Bertz CT molecular complexity index is 444. The van der Waals surface area contributed by atoms with Crippen molar-refractivity contribution in [3.63, 3.8) is 0 Å². The van der Waals surface area contributed by atoms with Crippen LogP contribution in [0.25, 0.3) is 10.4 Å². The van der Waals surface area contributed by atoms with E-state index in [0.29, 0.717) is 0 Å². The van der Waals surface area contributed by atoms with Crippen molar-refractivity contribution in [2.45, 2.75) is 26.8 Å². The number of rotatable bonds is 5. The molecule has 0 saturated heterocycles. The fourth-order valence-corrected chi connectivity index (χ4v) is 2.68. The molecule has 16 heavy (non-hydrogen) atoms. The Morgan fingerprint density at radius 2 is 2.25 bits per heavy atom. The molecule has 0 amide bonds. The summed E-state index contributed by atoms with van der Waals surface area (Å²) in [5.41, 5.74) is 2.55. The minimum Gasteiger partial charge on any atom is -0.467 e. The fraction of sp³-hybridized carbons (Fsp3) is 0.385. The molecule has 1 N–H and O–H groups in total. The van der Waals surface area contributed by atoms with Crippen LogP contribution in [-0.4, -0.2) is 6.54 Å². The summed E-state index contributed by atoms with van der Waals surface area (Å²) < 4.78 is 5.53. The van der Waals surface area contributed by atoms with E-state index in [0.717, 1.165) is 25.3 Å². The Balaban J connectivity index is 2.16. The van der Waals surface area contributed by atoms with Gasteiger partial charge in [0.15, 0.2) is 0 Å². The largest absolute Gasteiger partial charge is 0.467 e. The van der Waals surface area contributed by atoms with E-state index in [1.54, 1.807) is 17.6 Å². The topological polar surface area (TPSA) is 25.2 Å². The van der Waals surface area contributed by atoms with Crippen molar-refractivity contribution < 1.29 is 4.42 Å². The number of nitrogens with one attached hydrogen (secondary N) is 1. The average molecular weight is 235 g/mol. The number of hydrogen-bond donors (Lipinski definition) is 1. The van der Waals surface area contributed by atoms with Crippen LogP contribution in [0.4, 0.5) is 0 Å². The van der Waals surface area contributed by atoms with Gasteiger partial charge in [0, 0.05) is 10.4 Å². The van der Waals surface area contributed by atoms with Gasteiger partial charge in [-0.1, -0.05) is 6.92 Å². The number of aryl methyl sites for hydroxylation is 1. The highest BCUT2D eigenvalue weighted by molar-refractivity contribution is 7.13. The predicted octanol–water partition coefficient (Wildman–Crippen LogP) is 3.82. The van der Waals surface area contributed by atoms with Gasteiger partial charge in [0.25, 0.3) is 0 Å². The molecular formula is C13H17NOS. The standard InChI is InChI=1S/C13H17NOS/c1-3-6-14-9-12-11(4-7-15-12)13-10(2)5-8-16-13/h4-5,7-8,14H,3,6,9H2,1-2H3. The molecule has 0 aliphatic rings. The van der Waals surface area contributed by atoms with Gasteiger partial charge in [-0.2, -0.15) is 0 Å². The zero-order valence-corrected chi connectivity index (χ0v) is 10.6. The molecule has 2 rings (SSSR count). The number of furan rings is 1. The highest BCUT2D eigenvalue weighted by atomic mass is 32.1. The van der Waals surface area contributed by atoms with Crippen molar-refractivity contribution in [1.82, 2.24) is 5.32 Å². The molecule has 0 aliphatic carbocycles. The number of thiophene rings is 1. The summed E-state index contributed by atoms with van der Waals surface area (Å²) in [4.78, 5) is 1.32. The first kappa shape index (κ1) is 11.4. The van der Waals surface area contributed by atoms with E-state index in [-0.39, 0.29) is 0 Å². The molecule has 0 radical (unpaired) electrons. The molecule has 0 unspecified atom stereocenters. The van der Waals surface area contributed by atoms with E-state index in [2.05, 4.69) is 36.7 Å². The van der Waals surface area contributed by atoms with Crippen molar-refractivity contribution in [3.05, 3.63) is 35.1 Å². The number of hydrogen-bond acceptors (Lipinski definition) is 3. The maximum atomic E-state index is 5.53. The maximum absolute atomic E-state index is 5.53. The molecule has 0 fully saturated rings. The van der Waals surface area contributed by atoms with Crippen LogP contribution < -0.4 is 5.32 Å². The molecule has 0 bridgehead atoms. The lowest BCUT2D eigenvalue weighted by atomic mass is 10.1. The minimum atomic E-state index is 0.813. The van der Waals surface area contributed by atoms with E-state index in [4.69, 9.17) is 4.42 Å². The summed E-state index contributed by atoms with van der Waals surface area (Å²) in [5, 5.41) is 5.50. The molecule has 2 aromatic heterocycles. The van der Waals surface area contributed by atoms with Crippen LogP contribution in [0.1, 0.15) is 24.7 Å². The van der Waals surface area contributed by atoms with E-state index >= 15 is 0 Å². The van der Waals surface area contributed by atoms with Gasteiger partial charge in [0.05, 0.1) is 12.8 Å². The van der Waals surface area contributed by atoms with E-state index in [1.165, 1.54) is 16.0 Å². The van der Waals surface area contributed by atoms with Gasteiger partial charge in [-0.3, -0.25) is 0 Å². The Morgan fingerprint density at radius 3 is 2.94 bits per heavy atom. The maximum Gasteiger partial charge on any atom is 0.126 e. The van der Waals surface area contributed by atoms with Gasteiger partial charge >= 0.3 is 0 Å². The van der Waals surface area contributed by atoms with E-state index in [1.807, 2.05) is 0 Å². The zero-order valence-electron chi connectivity index (χ0n) is 9.75. The second-order valence-electron chi connectivity index (χ2n) is 3.87. The average Bonchev–Trinajstić information content (AvgIpc) is 2.87. The zero-order chi connectivity index (χ0) is 11.4. The summed E-state index contributed by atoms with van der Waals surface area (Å²) in [6, 6.07) is 4.21. The lowest BCUT2D eigenvalue weighted by Crippen LogP contribution is -2.13. The molecule has 86 valence electrons. The Morgan fingerprint density at radius 1 is 1.38 bits per heavy atom. The second kappa shape index (κ2) is 5.32. The summed E-state index contributed by atoms with van der Waals surface area (Å²) >= 11 is 1.77. The first-order valence-corrected chi connectivity index (χ1v) is 6.52. The van der Waals surface area contributed by atoms with Gasteiger partial charge in [-0.05, 0) is 43.0 Å². The van der Waals surface area contributed by atoms with Crippen molar-refractivity contribution in [1.29, 1.82) is 0 Å². The van der Waals surface area contributed by atoms with Gasteiger partial charge in [0.2, 0.25) is 0 Å². The van der Waals surface area contributed by atoms with Gasteiger partial charge in [0.1, 0.15) is 5.76 Å². The monoisotopic (exact) mass is 235 g/mol. The first-order valence-electron chi connectivity index (χ1n) is 5.64. The fourth-order valence-electron chi connectivity index (χ4n) is 1.71. The Hall–Kier alpha value is -1.06. The molecule has 2 heterocycles. The van der Waals surface area contributed by atoms with Crippen molar-refractivity contribution in [2.75, 3.05) is 6.54 Å². The Labute approximate surface area is 100 Å². The molecular weight excluding hydrogens is 218 g/mol. The van der Waals surface area contributed by atoms with Crippen LogP contribution in [0.3, 0.4) is 0 Å². The Kier molecular flexibility index (Phi) is 3.80. The van der Waals surface area contributed by atoms with Gasteiger partial charge in [-0.25, -0.2) is 0 Å². The molecule has 0 atom stereocenters. The van der Waals surface area contributed by atoms with E-state index < -0.39 is 0 Å². The summed E-state index contributed by atoms with van der Waals surface area (Å²) in [5.74, 6) is 1.04. The summed E-state index contributed by atoms with van der Waals surface area (Å²) in [6.45, 7) is 6.15. The summed E-state index contributed by atoms with van der Waals surface area (Å²) in [6.07, 6.45) is 2.92. The van der Waals surface area contributed by atoms with Crippen LogP contribution >= 0.6 is 11.3 Å². The predicted molar refractivity (Wildman–Crippen MR) is 68.8 cm³/mol. The third kappa shape index (κ3) is 2.36. The third-order valence-electron chi connectivity index (χ3n) is 2.56. The molecule has 0 aromatic carbocycles. The van der Waals surface area contributed by atoms with Crippen molar-refractivity contribution in [2.24, 2.45) is 0 Å². The molecule has 0 spiro atoms. The minimum absolute atomic E-state index is 0.813. The van der Waals surface area contributed by atoms with Crippen LogP contribution in [0.5, 0.6) is 0 Å². The highest BCUT2D eigenvalue weighted by Crippen LogP contribution is 2.32. The first-order chi connectivity index (χ1) is 7.83. The van der Waals surface area contributed by atoms with E-state index in [9.17, 15) is 0 Å². The van der Waals surface area contributed by atoms with Crippen LogP contribution in [0.2, 0.25) is 0 Å². The highest BCUT2D eigenvalue weighted by Gasteiger charge is 2.11. The molecule has 0 aliphatic heterocycles. The van der Waals surface area contributed by atoms with Crippen LogP contribution in [0, 0.1) is 6.92 Å².